The van der Waals surface area contributed by atoms with Gasteiger partial charge in [0.05, 0.1) is 25.2 Å². The summed E-state index contributed by atoms with van der Waals surface area (Å²) in [5.41, 5.74) is 9.13. The van der Waals surface area contributed by atoms with Crippen LogP contribution in [-0.4, -0.2) is 48.4 Å². The Bertz CT molecular complexity index is 1610. The second-order valence-electron chi connectivity index (χ2n) is 13.4. The average Bonchev–Trinajstić information content (AvgIpc) is 3.13. The first-order chi connectivity index (χ1) is 24.2. The van der Waals surface area contributed by atoms with Gasteiger partial charge in [0, 0.05) is 24.1 Å². The van der Waals surface area contributed by atoms with Crippen LogP contribution in [0.5, 0.6) is 5.75 Å². The molecule has 2 bridgehead atoms. The lowest BCUT2D eigenvalue weighted by molar-refractivity contribution is -0.123. The van der Waals surface area contributed by atoms with Gasteiger partial charge >= 0.3 is 0 Å². The smallest absolute Gasteiger partial charge is 0.239 e. The fraction of sp³-hybridized carbons (Fsp3) is 0.395. The van der Waals surface area contributed by atoms with Gasteiger partial charge in [-0.05, 0) is 84.0 Å². The normalized spacial score (nSPS) is 17.7. The Morgan fingerprint density at radius 2 is 1.70 bits per heavy atom. The molecule has 50 heavy (non-hydrogen) atoms. The average molecular weight is 677 g/mol. The van der Waals surface area contributed by atoms with Gasteiger partial charge in [-0.3, -0.25) is 4.79 Å². The molecule has 0 aliphatic carbocycles. The van der Waals surface area contributed by atoms with Gasteiger partial charge in [0.25, 0.3) is 0 Å². The topological polar surface area (TPSA) is 93.7 Å². The summed E-state index contributed by atoms with van der Waals surface area (Å²) in [6, 6.07) is 22.3. The van der Waals surface area contributed by atoms with Gasteiger partial charge in [0.2, 0.25) is 5.91 Å². The number of aromatic hydroxyl groups is 1. The third-order valence-corrected chi connectivity index (χ3v) is 9.55. The maximum absolute atomic E-state index is 12.8. The van der Waals surface area contributed by atoms with Crippen molar-refractivity contribution in [2.24, 2.45) is 0 Å². The highest BCUT2D eigenvalue weighted by Gasteiger charge is 2.24. The molecule has 266 valence electrons. The first-order valence-corrected chi connectivity index (χ1v) is 18.3. The number of aldehydes is 1. The number of phenols is 1. The zero-order valence-corrected chi connectivity index (χ0v) is 30.3. The number of allylic oxidation sites excluding steroid dienone is 1. The van der Waals surface area contributed by atoms with Crippen molar-refractivity contribution in [3.05, 3.63) is 120 Å². The predicted molar refractivity (Wildman–Crippen MR) is 206 cm³/mol. The molecule has 0 saturated heterocycles. The minimum Gasteiger partial charge on any atom is -0.508 e. The molecule has 3 aromatic carbocycles. The third kappa shape index (κ3) is 10.9. The first kappa shape index (κ1) is 38.0. The molecule has 0 radical (unpaired) electrons. The molecule has 4 N–H and O–H groups in total. The lowest BCUT2D eigenvalue weighted by Crippen LogP contribution is -2.42. The van der Waals surface area contributed by atoms with E-state index in [0.29, 0.717) is 18.7 Å². The summed E-state index contributed by atoms with van der Waals surface area (Å²) >= 11 is 0. The Hall–Kier alpha value is -4.78. The molecule has 0 spiro atoms. The van der Waals surface area contributed by atoms with Gasteiger partial charge in [-0.15, -0.1) is 0 Å². The first-order valence-electron chi connectivity index (χ1n) is 18.3. The number of amides is 1. The number of carbonyl (C=O) groups is 2. The molecule has 1 aliphatic heterocycles. The molecule has 2 atom stereocenters. The van der Waals surface area contributed by atoms with Crippen molar-refractivity contribution in [2.45, 2.75) is 90.1 Å². The van der Waals surface area contributed by atoms with Crippen molar-refractivity contribution in [1.29, 1.82) is 0 Å². The van der Waals surface area contributed by atoms with E-state index >= 15 is 0 Å². The number of unbranched alkanes of at least 4 members (excludes halogenated alkanes) is 1. The fourth-order valence-corrected chi connectivity index (χ4v) is 6.54. The number of hydrogen-bond donors (Lipinski definition) is 4. The van der Waals surface area contributed by atoms with Crippen LogP contribution in [0.15, 0.2) is 97.4 Å². The van der Waals surface area contributed by atoms with Crippen molar-refractivity contribution < 1.29 is 14.7 Å². The SMILES string of the molecule is C=C(NC/C(=C\CC)N(C)C1C(=C)NCC(=O)NC(C=O)CCCCCCc2cc1ccc2O)c1ccc(-c2ccc(CCCC)cc2)cc1. The van der Waals surface area contributed by atoms with Crippen LogP contribution in [0.3, 0.4) is 0 Å². The molecule has 0 saturated carbocycles. The molecule has 1 aliphatic rings. The molecular weight excluding hydrogens is 620 g/mol. The molecule has 3 aromatic rings. The zero-order valence-electron chi connectivity index (χ0n) is 30.3. The molecular formula is C43H56N4O3. The van der Waals surface area contributed by atoms with E-state index in [-0.39, 0.29) is 24.2 Å². The van der Waals surface area contributed by atoms with E-state index in [1.807, 2.05) is 13.1 Å². The van der Waals surface area contributed by atoms with Crippen LogP contribution >= 0.6 is 0 Å². The van der Waals surface area contributed by atoms with Gasteiger partial charge in [-0.25, -0.2) is 0 Å². The maximum atomic E-state index is 12.8. The van der Waals surface area contributed by atoms with Crippen LogP contribution in [0.2, 0.25) is 0 Å². The summed E-state index contributed by atoms with van der Waals surface area (Å²) in [6.45, 7) is 13.6. The second-order valence-corrected chi connectivity index (χ2v) is 13.4. The summed E-state index contributed by atoms with van der Waals surface area (Å²) in [5.74, 6) is 0.0352. The van der Waals surface area contributed by atoms with Gasteiger partial charge in [0.15, 0.2) is 0 Å². The van der Waals surface area contributed by atoms with Crippen molar-refractivity contribution in [3.63, 3.8) is 0 Å². The number of benzene rings is 3. The predicted octanol–water partition coefficient (Wildman–Crippen LogP) is 8.22. The molecule has 0 fully saturated rings. The largest absolute Gasteiger partial charge is 0.508 e. The van der Waals surface area contributed by atoms with Crippen LogP contribution in [0.25, 0.3) is 16.8 Å². The van der Waals surface area contributed by atoms with E-state index in [9.17, 15) is 14.7 Å². The molecule has 1 heterocycles. The molecule has 1 amide bonds. The lowest BCUT2D eigenvalue weighted by Gasteiger charge is -2.35. The zero-order chi connectivity index (χ0) is 35.9. The molecule has 4 rings (SSSR count). The molecule has 7 nitrogen and oxygen atoms in total. The summed E-state index contributed by atoms with van der Waals surface area (Å²) in [6.07, 6.45) is 12.4. The van der Waals surface area contributed by atoms with Crippen LogP contribution in [0.4, 0.5) is 0 Å². The van der Waals surface area contributed by atoms with Gasteiger partial charge in [0.1, 0.15) is 12.0 Å². The summed E-state index contributed by atoms with van der Waals surface area (Å²) in [4.78, 5) is 26.6. The molecule has 7 heteroatoms. The lowest BCUT2D eigenvalue weighted by atomic mass is 9.96. The number of hydrogen-bond acceptors (Lipinski definition) is 6. The van der Waals surface area contributed by atoms with Crippen LogP contribution < -0.4 is 16.0 Å². The van der Waals surface area contributed by atoms with Crippen molar-refractivity contribution in [2.75, 3.05) is 20.1 Å². The van der Waals surface area contributed by atoms with Gasteiger partial charge < -0.3 is 30.8 Å². The summed E-state index contributed by atoms with van der Waals surface area (Å²) in [7, 11) is 2.03. The second kappa shape index (κ2) is 19.4. The van der Waals surface area contributed by atoms with E-state index in [2.05, 4.69) is 109 Å². The molecule has 0 aromatic heterocycles. The Morgan fingerprint density at radius 3 is 2.38 bits per heavy atom. The highest BCUT2D eigenvalue weighted by Crippen LogP contribution is 2.32. The van der Waals surface area contributed by atoms with E-state index < -0.39 is 6.04 Å². The van der Waals surface area contributed by atoms with Crippen LogP contribution in [0.1, 0.15) is 93.5 Å². The number of aryl methyl sites for hydroxylation is 2. The Balaban J connectivity index is 1.51. The molecule has 2 unspecified atom stereocenters. The Labute approximate surface area is 299 Å². The van der Waals surface area contributed by atoms with Crippen molar-refractivity contribution in [1.82, 2.24) is 20.9 Å². The minimum atomic E-state index is -0.503. The number of rotatable bonds is 12. The minimum absolute atomic E-state index is 0.000663. The van der Waals surface area contributed by atoms with E-state index in [1.165, 1.54) is 29.5 Å². The van der Waals surface area contributed by atoms with E-state index in [4.69, 9.17) is 0 Å². The third-order valence-electron chi connectivity index (χ3n) is 9.55. The Morgan fingerprint density at radius 1 is 1.00 bits per heavy atom. The van der Waals surface area contributed by atoms with Crippen LogP contribution in [0, 0.1) is 0 Å². The number of fused-ring (bicyclic) bond motifs is 2. The number of phenolic OH excluding ortho intramolecular Hbond substituents is 1. The number of nitrogens with zero attached hydrogens (tertiary/aromatic N) is 1. The van der Waals surface area contributed by atoms with Crippen molar-refractivity contribution in [3.8, 4) is 16.9 Å². The van der Waals surface area contributed by atoms with Crippen molar-refractivity contribution >= 4 is 17.9 Å². The Kier molecular flexibility index (Phi) is 14.8. The summed E-state index contributed by atoms with van der Waals surface area (Å²) in [5, 5.41) is 20.4. The highest BCUT2D eigenvalue weighted by atomic mass is 16.3. The number of nitrogens with one attached hydrogen (secondary N) is 3. The van der Waals surface area contributed by atoms with Crippen LogP contribution in [-0.2, 0) is 22.4 Å². The van der Waals surface area contributed by atoms with E-state index in [0.717, 1.165) is 79.3 Å². The quantitative estimate of drug-likeness (QED) is 0.145. The monoisotopic (exact) mass is 676 g/mol. The highest BCUT2D eigenvalue weighted by molar-refractivity contribution is 5.81. The standard InChI is InChI=1S/C43H56N4O3/c1-6-8-14-33-17-19-35(20-18-33)36-23-21-34(22-24-36)31(3)44-28-40(13-7-2)47(5)43-32(4)45-29-42(50)46-39(30-48)16-12-10-9-11-15-37-27-38(43)25-26-41(37)49/h13,17-27,30,39,43-45,49H,3-4,6-12,14-16,28-29H2,1-2,5H3,(H,46,50)/b40-13+. The summed E-state index contributed by atoms with van der Waals surface area (Å²) < 4.78 is 0. The maximum Gasteiger partial charge on any atom is 0.239 e. The van der Waals surface area contributed by atoms with Gasteiger partial charge in [-0.2, -0.15) is 0 Å². The number of carbonyl (C=O) groups excluding carboxylic acids is 2. The fourth-order valence-electron chi connectivity index (χ4n) is 6.54. The van der Waals surface area contributed by atoms with Gasteiger partial charge in [-0.1, -0.05) is 113 Å². The number of likely N-dealkylation sites (N-methyl/N-ethyl adjacent to an activating group) is 1. The van der Waals surface area contributed by atoms with E-state index in [1.54, 1.807) is 6.07 Å².